The van der Waals surface area contributed by atoms with Gasteiger partial charge in [0, 0.05) is 20.3 Å². The maximum absolute atomic E-state index is 8.20. The molecule has 0 aromatic heterocycles. The van der Waals surface area contributed by atoms with E-state index in [4.69, 9.17) is 15.7 Å². The number of hydrogen-bond donors (Lipinski definition) is 3. The molecular weight excluding hydrogens is 158 g/mol. The van der Waals surface area contributed by atoms with Gasteiger partial charge < -0.3 is 21.0 Å². The molecule has 0 aliphatic heterocycles. The van der Waals surface area contributed by atoms with Crippen LogP contribution in [0.4, 0.5) is 0 Å². The van der Waals surface area contributed by atoms with Gasteiger partial charge in [-0.3, -0.25) is 0 Å². The van der Waals surface area contributed by atoms with E-state index in [-0.39, 0.29) is 5.84 Å². The molecule has 1 unspecified atom stereocenters. The Balaban J connectivity index is 3.30. The number of ether oxygens (including phenoxy) is 1. The minimum absolute atomic E-state index is 0.194. The lowest BCUT2D eigenvalue weighted by Crippen LogP contribution is -2.32. The van der Waals surface area contributed by atoms with Crippen LogP contribution in [0.1, 0.15) is 6.92 Å². The van der Waals surface area contributed by atoms with E-state index in [2.05, 4.69) is 17.4 Å². The Morgan fingerprint density at radius 2 is 2.42 bits per heavy atom. The lowest BCUT2D eigenvalue weighted by atomic mass is 10.2. The number of amidine groups is 1. The summed E-state index contributed by atoms with van der Waals surface area (Å²) in [4.78, 5) is 0. The summed E-state index contributed by atoms with van der Waals surface area (Å²) in [7, 11) is 1.67. The maximum Gasteiger partial charge on any atom is 0.153 e. The van der Waals surface area contributed by atoms with Gasteiger partial charge in [0.05, 0.1) is 6.54 Å². The van der Waals surface area contributed by atoms with Crippen LogP contribution in [0, 0.1) is 5.92 Å². The molecule has 0 saturated carbocycles. The summed E-state index contributed by atoms with van der Waals surface area (Å²) < 4.78 is 4.94. The monoisotopic (exact) mass is 175 g/mol. The van der Waals surface area contributed by atoms with Crippen LogP contribution in [-0.4, -0.2) is 37.8 Å². The average Bonchev–Trinajstić information content (AvgIpc) is 2.04. The summed E-state index contributed by atoms with van der Waals surface area (Å²) in [5.41, 5.74) is 5.24. The molecule has 12 heavy (non-hydrogen) atoms. The zero-order valence-corrected chi connectivity index (χ0v) is 7.58. The number of hydrogen-bond acceptors (Lipinski definition) is 4. The maximum atomic E-state index is 8.20. The Labute approximate surface area is 72.6 Å². The van der Waals surface area contributed by atoms with Crippen molar-refractivity contribution in [2.45, 2.75) is 6.92 Å². The van der Waals surface area contributed by atoms with Gasteiger partial charge in [0.25, 0.3) is 0 Å². The summed E-state index contributed by atoms with van der Waals surface area (Å²) in [5.74, 6) is 0.626. The Morgan fingerprint density at radius 1 is 1.75 bits per heavy atom. The van der Waals surface area contributed by atoms with Crippen molar-refractivity contribution in [2.24, 2.45) is 16.8 Å². The molecule has 0 rings (SSSR count). The zero-order chi connectivity index (χ0) is 9.40. The van der Waals surface area contributed by atoms with Crippen molar-refractivity contribution < 1.29 is 9.94 Å². The molecule has 0 aromatic carbocycles. The van der Waals surface area contributed by atoms with Gasteiger partial charge in [-0.25, -0.2) is 0 Å². The first kappa shape index (κ1) is 11.2. The fourth-order valence-corrected chi connectivity index (χ4v) is 0.825. The topological polar surface area (TPSA) is 79.9 Å². The van der Waals surface area contributed by atoms with Crippen LogP contribution in [-0.2, 0) is 4.74 Å². The van der Waals surface area contributed by atoms with E-state index >= 15 is 0 Å². The van der Waals surface area contributed by atoms with Crippen molar-refractivity contribution in [1.82, 2.24) is 5.32 Å². The van der Waals surface area contributed by atoms with Gasteiger partial charge in [-0.05, 0) is 5.92 Å². The number of rotatable bonds is 6. The molecular formula is C7H17N3O2. The van der Waals surface area contributed by atoms with Gasteiger partial charge >= 0.3 is 0 Å². The standard InChI is InChI=1S/C7H17N3O2/c1-6(5-12-2)3-9-4-7(8)10-11/h6,9,11H,3-5H2,1-2H3,(H2,8,10). The van der Waals surface area contributed by atoms with Gasteiger partial charge in [0.1, 0.15) is 0 Å². The molecule has 0 amide bonds. The predicted octanol–water partition coefficient (Wildman–Crippen LogP) is -0.395. The minimum atomic E-state index is 0.194. The van der Waals surface area contributed by atoms with E-state index in [1.807, 2.05) is 0 Å². The van der Waals surface area contributed by atoms with Crippen molar-refractivity contribution in [3.63, 3.8) is 0 Å². The normalized spacial score (nSPS) is 14.7. The molecule has 0 aliphatic carbocycles. The quantitative estimate of drug-likeness (QED) is 0.222. The van der Waals surface area contributed by atoms with Crippen LogP contribution >= 0.6 is 0 Å². The Morgan fingerprint density at radius 3 is 2.92 bits per heavy atom. The molecule has 0 radical (unpaired) electrons. The third kappa shape index (κ3) is 5.94. The average molecular weight is 175 g/mol. The van der Waals surface area contributed by atoms with Crippen LogP contribution in [0.5, 0.6) is 0 Å². The number of nitrogens with one attached hydrogen (secondary N) is 1. The molecule has 0 heterocycles. The predicted molar refractivity (Wildman–Crippen MR) is 47.3 cm³/mol. The van der Waals surface area contributed by atoms with Crippen molar-refractivity contribution in [3.8, 4) is 0 Å². The fraction of sp³-hybridized carbons (Fsp3) is 0.857. The van der Waals surface area contributed by atoms with Gasteiger partial charge in [-0.1, -0.05) is 12.1 Å². The van der Waals surface area contributed by atoms with Gasteiger partial charge in [-0.2, -0.15) is 0 Å². The summed E-state index contributed by atoms with van der Waals surface area (Å²) in [6.45, 7) is 3.97. The lowest BCUT2D eigenvalue weighted by molar-refractivity contribution is 0.159. The van der Waals surface area contributed by atoms with E-state index < -0.39 is 0 Å². The molecule has 0 aliphatic rings. The molecule has 0 aromatic rings. The van der Waals surface area contributed by atoms with E-state index in [1.165, 1.54) is 0 Å². The largest absolute Gasteiger partial charge is 0.409 e. The van der Waals surface area contributed by atoms with Crippen molar-refractivity contribution in [1.29, 1.82) is 0 Å². The van der Waals surface area contributed by atoms with Crippen LogP contribution in [0.15, 0.2) is 5.16 Å². The first-order valence-corrected chi connectivity index (χ1v) is 3.86. The molecule has 1 atom stereocenters. The summed E-state index contributed by atoms with van der Waals surface area (Å²) in [6.07, 6.45) is 0. The van der Waals surface area contributed by atoms with Crippen LogP contribution in [0.25, 0.3) is 0 Å². The zero-order valence-electron chi connectivity index (χ0n) is 7.58. The Hall–Kier alpha value is -0.810. The van der Waals surface area contributed by atoms with E-state index in [0.29, 0.717) is 19.1 Å². The Kier molecular flexibility index (Phi) is 6.41. The number of oxime groups is 1. The molecule has 72 valence electrons. The van der Waals surface area contributed by atoms with Gasteiger partial charge in [0.2, 0.25) is 0 Å². The van der Waals surface area contributed by atoms with Crippen LogP contribution < -0.4 is 11.1 Å². The number of nitrogens with two attached hydrogens (primary N) is 1. The van der Waals surface area contributed by atoms with Crippen molar-refractivity contribution in [3.05, 3.63) is 0 Å². The first-order chi connectivity index (χ1) is 5.70. The molecule has 0 bridgehead atoms. The molecule has 5 nitrogen and oxygen atoms in total. The Bertz CT molecular complexity index is 139. The molecule has 0 spiro atoms. The highest BCUT2D eigenvalue weighted by Crippen LogP contribution is 1.91. The third-order valence-corrected chi connectivity index (χ3v) is 1.38. The second kappa shape index (κ2) is 6.87. The van der Waals surface area contributed by atoms with Crippen LogP contribution in [0.2, 0.25) is 0 Å². The second-order valence-electron chi connectivity index (χ2n) is 2.78. The van der Waals surface area contributed by atoms with Crippen LogP contribution in [0.3, 0.4) is 0 Å². The molecule has 5 heteroatoms. The SMILES string of the molecule is COCC(C)CNCC(N)=NO. The molecule has 0 saturated heterocycles. The number of nitrogens with zero attached hydrogens (tertiary/aromatic N) is 1. The molecule has 0 fully saturated rings. The van der Waals surface area contributed by atoms with E-state index in [1.54, 1.807) is 7.11 Å². The summed E-state index contributed by atoms with van der Waals surface area (Å²) in [5, 5.41) is 14.1. The first-order valence-electron chi connectivity index (χ1n) is 3.86. The molecule has 4 N–H and O–H groups in total. The van der Waals surface area contributed by atoms with Crippen molar-refractivity contribution >= 4 is 5.84 Å². The third-order valence-electron chi connectivity index (χ3n) is 1.38. The van der Waals surface area contributed by atoms with Crippen molar-refractivity contribution in [2.75, 3.05) is 26.8 Å². The van der Waals surface area contributed by atoms with Gasteiger partial charge in [0.15, 0.2) is 5.84 Å². The highest BCUT2D eigenvalue weighted by Gasteiger charge is 2.00. The summed E-state index contributed by atoms with van der Waals surface area (Å²) >= 11 is 0. The fourth-order valence-electron chi connectivity index (χ4n) is 0.825. The second-order valence-corrected chi connectivity index (χ2v) is 2.78. The van der Waals surface area contributed by atoms with E-state index in [9.17, 15) is 0 Å². The van der Waals surface area contributed by atoms with E-state index in [0.717, 1.165) is 6.54 Å². The summed E-state index contributed by atoms with van der Waals surface area (Å²) in [6, 6.07) is 0. The highest BCUT2D eigenvalue weighted by molar-refractivity contribution is 5.81. The number of methoxy groups -OCH3 is 1. The lowest BCUT2D eigenvalue weighted by Gasteiger charge is -2.10. The van der Waals surface area contributed by atoms with Gasteiger partial charge in [-0.15, -0.1) is 0 Å². The smallest absolute Gasteiger partial charge is 0.153 e. The minimum Gasteiger partial charge on any atom is -0.409 e. The highest BCUT2D eigenvalue weighted by atomic mass is 16.5.